The number of aromatic nitrogens is 2. The standard InChI is InChI=1S/C17H14ClN3O4/c1-23-13-5-4-11(18)7-12(13)17(22)21-8-10(9-21)16-19-15(20-25-16)14-3-2-6-24-14/h2-7,10H,8-9H2,1H3. The van der Waals surface area contributed by atoms with E-state index in [2.05, 4.69) is 10.1 Å². The molecule has 2 aromatic heterocycles. The molecule has 1 fully saturated rings. The fourth-order valence-corrected chi connectivity index (χ4v) is 2.90. The first kappa shape index (κ1) is 15.7. The molecule has 1 aromatic carbocycles. The van der Waals surface area contributed by atoms with Gasteiger partial charge in [-0.1, -0.05) is 16.8 Å². The predicted octanol–water partition coefficient (Wildman–Crippen LogP) is 3.23. The molecule has 1 aliphatic heterocycles. The van der Waals surface area contributed by atoms with Crippen LogP contribution in [0.1, 0.15) is 22.2 Å². The molecular formula is C17H14ClN3O4. The topological polar surface area (TPSA) is 81.6 Å². The second kappa shape index (κ2) is 6.25. The lowest BCUT2D eigenvalue weighted by molar-refractivity contribution is 0.0566. The normalized spacial score (nSPS) is 14.4. The van der Waals surface area contributed by atoms with Crippen molar-refractivity contribution in [3.05, 3.63) is 53.1 Å². The van der Waals surface area contributed by atoms with Gasteiger partial charge < -0.3 is 18.6 Å². The summed E-state index contributed by atoms with van der Waals surface area (Å²) in [6, 6.07) is 8.49. The van der Waals surface area contributed by atoms with E-state index in [0.29, 0.717) is 46.9 Å². The van der Waals surface area contributed by atoms with Crippen LogP contribution in [0.4, 0.5) is 0 Å². The molecule has 1 amide bonds. The van der Waals surface area contributed by atoms with Crippen molar-refractivity contribution in [2.75, 3.05) is 20.2 Å². The van der Waals surface area contributed by atoms with E-state index in [9.17, 15) is 4.79 Å². The smallest absolute Gasteiger partial charge is 0.257 e. The summed E-state index contributed by atoms with van der Waals surface area (Å²) in [5.74, 6) is 1.81. The number of carbonyl (C=O) groups is 1. The van der Waals surface area contributed by atoms with Crippen LogP contribution in [0.15, 0.2) is 45.5 Å². The van der Waals surface area contributed by atoms with Crippen LogP contribution < -0.4 is 4.74 Å². The first-order chi connectivity index (χ1) is 12.2. The van der Waals surface area contributed by atoms with E-state index in [0.717, 1.165) is 0 Å². The molecule has 3 aromatic rings. The fraction of sp³-hybridized carbons (Fsp3) is 0.235. The maximum absolute atomic E-state index is 12.6. The summed E-state index contributed by atoms with van der Waals surface area (Å²) >= 11 is 5.99. The minimum absolute atomic E-state index is 0.00495. The van der Waals surface area contributed by atoms with Gasteiger partial charge in [-0.15, -0.1) is 0 Å². The third-order valence-corrected chi connectivity index (χ3v) is 4.33. The first-order valence-corrected chi connectivity index (χ1v) is 8.04. The number of amides is 1. The van der Waals surface area contributed by atoms with E-state index in [1.165, 1.54) is 7.11 Å². The number of halogens is 1. The number of methoxy groups -OCH3 is 1. The summed E-state index contributed by atoms with van der Waals surface area (Å²) < 4.78 is 15.8. The Bertz CT molecular complexity index is 901. The Labute approximate surface area is 148 Å². The average Bonchev–Trinajstić information content (AvgIpc) is 3.24. The lowest BCUT2D eigenvalue weighted by Crippen LogP contribution is -2.48. The highest BCUT2D eigenvalue weighted by Gasteiger charge is 2.37. The molecule has 0 bridgehead atoms. The van der Waals surface area contributed by atoms with Gasteiger partial charge in [0.25, 0.3) is 5.91 Å². The Morgan fingerprint density at radius 3 is 2.92 bits per heavy atom. The minimum Gasteiger partial charge on any atom is -0.496 e. The van der Waals surface area contributed by atoms with Crippen LogP contribution in [0.2, 0.25) is 5.02 Å². The molecule has 0 unspecified atom stereocenters. The summed E-state index contributed by atoms with van der Waals surface area (Å²) in [4.78, 5) is 18.7. The predicted molar refractivity (Wildman–Crippen MR) is 88.6 cm³/mol. The highest BCUT2D eigenvalue weighted by atomic mass is 35.5. The Hall–Kier alpha value is -2.80. The van der Waals surface area contributed by atoms with E-state index in [1.807, 2.05) is 0 Å². The van der Waals surface area contributed by atoms with Gasteiger partial charge >= 0.3 is 0 Å². The number of hydrogen-bond acceptors (Lipinski definition) is 6. The summed E-state index contributed by atoms with van der Waals surface area (Å²) in [7, 11) is 1.52. The molecule has 0 saturated carbocycles. The monoisotopic (exact) mass is 359 g/mol. The fourth-order valence-electron chi connectivity index (χ4n) is 2.73. The lowest BCUT2D eigenvalue weighted by Gasteiger charge is -2.37. The molecule has 0 radical (unpaired) electrons. The van der Waals surface area contributed by atoms with E-state index < -0.39 is 0 Å². The number of hydrogen-bond donors (Lipinski definition) is 0. The average molecular weight is 360 g/mol. The summed E-state index contributed by atoms with van der Waals surface area (Å²) in [5, 5.41) is 4.40. The molecule has 128 valence electrons. The molecule has 0 atom stereocenters. The molecule has 25 heavy (non-hydrogen) atoms. The van der Waals surface area contributed by atoms with Crippen molar-refractivity contribution < 1.29 is 18.5 Å². The maximum Gasteiger partial charge on any atom is 0.257 e. The molecule has 0 aliphatic carbocycles. The molecule has 3 heterocycles. The van der Waals surface area contributed by atoms with E-state index >= 15 is 0 Å². The largest absolute Gasteiger partial charge is 0.496 e. The number of furan rings is 1. The van der Waals surface area contributed by atoms with Crippen molar-refractivity contribution in [1.29, 1.82) is 0 Å². The molecule has 1 aliphatic rings. The van der Waals surface area contributed by atoms with E-state index in [-0.39, 0.29) is 11.8 Å². The number of likely N-dealkylation sites (tertiary alicyclic amines) is 1. The second-order valence-corrected chi connectivity index (χ2v) is 6.12. The molecule has 0 N–H and O–H groups in total. The second-order valence-electron chi connectivity index (χ2n) is 5.69. The number of nitrogens with zero attached hydrogens (tertiary/aromatic N) is 3. The van der Waals surface area contributed by atoms with E-state index in [1.54, 1.807) is 41.5 Å². The number of ether oxygens (including phenoxy) is 1. The van der Waals surface area contributed by atoms with Crippen LogP contribution in [0.3, 0.4) is 0 Å². The van der Waals surface area contributed by atoms with Crippen molar-refractivity contribution in [2.24, 2.45) is 0 Å². The summed E-state index contributed by atoms with van der Waals surface area (Å²) in [5.41, 5.74) is 0.440. The Balaban J connectivity index is 1.45. The molecular weight excluding hydrogens is 346 g/mol. The van der Waals surface area contributed by atoms with Crippen LogP contribution in [0.25, 0.3) is 11.6 Å². The van der Waals surface area contributed by atoms with Crippen LogP contribution in [-0.4, -0.2) is 41.1 Å². The third kappa shape index (κ3) is 2.87. The van der Waals surface area contributed by atoms with Crippen LogP contribution in [-0.2, 0) is 0 Å². The molecule has 8 heteroatoms. The zero-order valence-electron chi connectivity index (χ0n) is 13.3. The first-order valence-electron chi connectivity index (χ1n) is 7.66. The van der Waals surface area contributed by atoms with Crippen LogP contribution in [0.5, 0.6) is 5.75 Å². The van der Waals surface area contributed by atoms with Gasteiger partial charge in [-0.25, -0.2) is 0 Å². The van der Waals surface area contributed by atoms with Gasteiger partial charge in [-0.05, 0) is 30.3 Å². The van der Waals surface area contributed by atoms with Crippen molar-refractivity contribution in [3.63, 3.8) is 0 Å². The maximum atomic E-state index is 12.6. The quantitative estimate of drug-likeness (QED) is 0.711. The zero-order chi connectivity index (χ0) is 17.4. The van der Waals surface area contributed by atoms with Crippen LogP contribution in [0, 0.1) is 0 Å². The van der Waals surface area contributed by atoms with Crippen molar-refractivity contribution >= 4 is 17.5 Å². The number of carbonyl (C=O) groups excluding carboxylic acids is 1. The Morgan fingerprint density at radius 2 is 2.20 bits per heavy atom. The van der Waals surface area contributed by atoms with Gasteiger partial charge in [0.05, 0.1) is 24.9 Å². The van der Waals surface area contributed by atoms with Crippen molar-refractivity contribution in [1.82, 2.24) is 15.0 Å². The Kier molecular flexibility index (Phi) is 3.93. The van der Waals surface area contributed by atoms with Gasteiger partial charge in [-0.3, -0.25) is 4.79 Å². The molecule has 4 rings (SSSR count). The lowest BCUT2D eigenvalue weighted by atomic mass is 9.98. The highest BCUT2D eigenvalue weighted by molar-refractivity contribution is 6.31. The number of rotatable bonds is 4. The molecule has 1 saturated heterocycles. The minimum atomic E-state index is -0.138. The molecule has 0 spiro atoms. The summed E-state index contributed by atoms with van der Waals surface area (Å²) in [6.45, 7) is 0.989. The third-order valence-electron chi connectivity index (χ3n) is 4.09. The Morgan fingerprint density at radius 1 is 1.36 bits per heavy atom. The van der Waals surface area contributed by atoms with Crippen molar-refractivity contribution in [2.45, 2.75) is 5.92 Å². The summed E-state index contributed by atoms with van der Waals surface area (Å²) in [6.07, 6.45) is 1.55. The molecule has 7 nitrogen and oxygen atoms in total. The van der Waals surface area contributed by atoms with Gasteiger partial charge in [0.2, 0.25) is 11.7 Å². The van der Waals surface area contributed by atoms with Crippen LogP contribution >= 0.6 is 11.6 Å². The van der Waals surface area contributed by atoms with Gasteiger partial charge in [-0.2, -0.15) is 4.98 Å². The van der Waals surface area contributed by atoms with Crippen molar-refractivity contribution in [3.8, 4) is 17.3 Å². The van der Waals surface area contributed by atoms with Gasteiger partial charge in [0, 0.05) is 18.1 Å². The van der Waals surface area contributed by atoms with E-state index in [4.69, 9.17) is 25.3 Å². The highest BCUT2D eigenvalue weighted by Crippen LogP contribution is 2.31. The zero-order valence-corrected chi connectivity index (χ0v) is 14.1. The SMILES string of the molecule is COc1ccc(Cl)cc1C(=O)N1CC(c2nc(-c3ccco3)no2)C1. The van der Waals surface area contributed by atoms with Gasteiger partial charge in [0.1, 0.15) is 5.75 Å². The number of benzene rings is 1. The van der Waals surface area contributed by atoms with Gasteiger partial charge in [0.15, 0.2) is 5.76 Å².